The third-order valence-corrected chi connectivity index (χ3v) is 4.89. The molecule has 0 spiro atoms. The molecule has 0 aliphatic carbocycles. The summed E-state index contributed by atoms with van der Waals surface area (Å²) >= 11 is 1.67. The summed E-state index contributed by atoms with van der Waals surface area (Å²) in [6.45, 7) is 1.91. The fraction of sp³-hybridized carbons (Fsp3) is 0.250. The third kappa shape index (κ3) is 4.39. The first-order valence-electron chi connectivity index (χ1n) is 8.20. The molecule has 2 aromatic rings. The highest BCUT2D eigenvalue weighted by Gasteiger charge is 2.26. The number of hydrogen-bond donors (Lipinski definition) is 2. The van der Waals surface area contributed by atoms with Gasteiger partial charge in [-0.15, -0.1) is 11.8 Å². The Kier molecular flexibility index (Phi) is 5.54. The van der Waals surface area contributed by atoms with E-state index >= 15 is 0 Å². The molecular weight excluding hydrogens is 350 g/mol. The molecular formula is C20H21NO4S. The Bertz CT molecular complexity index is 815. The predicted molar refractivity (Wildman–Crippen MR) is 102 cm³/mol. The molecule has 3 rings (SSSR count). The van der Waals surface area contributed by atoms with Crippen molar-refractivity contribution >= 4 is 23.7 Å². The molecule has 1 amide bonds. The summed E-state index contributed by atoms with van der Waals surface area (Å²) in [4.78, 5) is 13.2. The van der Waals surface area contributed by atoms with Gasteiger partial charge in [0.2, 0.25) is 12.7 Å². The van der Waals surface area contributed by atoms with Crippen LogP contribution in [0.4, 0.5) is 0 Å². The van der Waals surface area contributed by atoms with Gasteiger partial charge in [-0.3, -0.25) is 4.79 Å². The number of amides is 1. The van der Waals surface area contributed by atoms with E-state index in [1.165, 1.54) is 11.0 Å². The van der Waals surface area contributed by atoms with Gasteiger partial charge in [0.05, 0.1) is 6.54 Å². The van der Waals surface area contributed by atoms with Gasteiger partial charge in [0, 0.05) is 11.0 Å². The number of fused-ring (bicyclic) bond motifs is 1. The van der Waals surface area contributed by atoms with Crippen LogP contribution in [-0.2, 0) is 10.4 Å². The second-order valence-electron chi connectivity index (χ2n) is 6.17. The van der Waals surface area contributed by atoms with Crippen molar-refractivity contribution in [3.05, 3.63) is 59.7 Å². The molecule has 2 N–H and O–H groups in total. The van der Waals surface area contributed by atoms with Gasteiger partial charge in [0.1, 0.15) is 5.60 Å². The highest BCUT2D eigenvalue weighted by atomic mass is 32.2. The minimum Gasteiger partial charge on any atom is -0.454 e. The predicted octanol–water partition coefficient (Wildman–Crippen LogP) is 3.17. The summed E-state index contributed by atoms with van der Waals surface area (Å²) in [5.41, 5.74) is 0.379. The van der Waals surface area contributed by atoms with Crippen molar-refractivity contribution in [1.82, 2.24) is 5.32 Å². The van der Waals surface area contributed by atoms with Crippen LogP contribution in [0.2, 0.25) is 0 Å². The average Bonchev–Trinajstić information content (AvgIpc) is 3.13. The number of aliphatic hydroxyl groups is 1. The maximum absolute atomic E-state index is 12.0. The van der Waals surface area contributed by atoms with Crippen molar-refractivity contribution in [3.8, 4) is 11.5 Å². The molecule has 1 aliphatic heterocycles. The molecule has 0 saturated carbocycles. The van der Waals surface area contributed by atoms with Crippen LogP contribution >= 0.6 is 11.8 Å². The van der Waals surface area contributed by atoms with E-state index in [-0.39, 0.29) is 19.2 Å². The zero-order valence-electron chi connectivity index (χ0n) is 14.7. The molecule has 1 atom stereocenters. The highest BCUT2D eigenvalue weighted by molar-refractivity contribution is 7.98. The zero-order valence-corrected chi connectivity index (χ0v) is 15.5. The van der Waals surface area contributed by atoms with Crippen LogP contribution in [-0.4, -0.2) is 30.6 Å². The van der Waals surface area contributed by atoms with Crippen molar-refractivity contribution in [2.45, 2.75) is 17.4 Å². The van der Waals surface area contributed by atoms with Crippen LogP contribution in [0.1, 0.15) is 18.1 Å². The van der Waals surface area contributed by atoms with Gasteiger partial charge in [0.25, 0.3) is 0 Å². The molecule has 0 radical (unpaired) electrons. The number of rotatable bonds is 6. The fourth-order valence-corrected chi connectivity index (χ4v) is 2.95. The summed E-state index contributed by atoms with van der Waals surface area (Å²) in [6, 6.07) is 13.2. The monoisotopic (exact) mass is 371 g/mol. The Hall–Kier alpha value is -2.44. The van der Waals surface area contributed by atoms with Gasteiger partial charge in [-0.05, 0) is 54.6 Å². The Morgan fingerprint density at radius 3 is 2.69 bits per heavy atom. The molecule has 1 aliphatic rings. The van der Waals surface area contributed by atoms with Gasteiger partial charge in [-0.2, -0.15) is 0 Å². The number of carbonyl (C=O) groups is 1. The lowest BCUT2D eigenvalue weighted by molar-refractivity contribution is -0.117. The molecule has 136 valence electrons. The summed E-state index contributed by atoms with van der Waals surface area (Å²) in [5.74, 6) is 0.992. The lowest BCUT2D eigenvalue weighted by Crippen LogP contribution is -2.37. The van der Waals surface area contributed by atoms with E-state index < -0.39 is 5.60 Å². The van der Waals surface area contributed by atoms with E-state index in [1.54, 1.807) is 43.0 Å². The first-order chi connectivity index (χ1) is 12.5. The lowest BCUT2D eigenvalue weighted by Gasteiger charge is -2.24. The number of hydrogen-bond acceptors (Lipinski definition) is 5. The summed E-state index contributed by atoms with van der Waals surface area (Å²) in [7, 11) is 0. The minimum absolute atomic E-state index is 0.0846. The molecule has 0 fully saturated rings. The van der Waals surface area contributed by atoms with Gasteiger partial charge < -0.3 is 19.9 Å². The largest absolute Gasteiger partial charge is 0.454 e. The molecule has 0 unspecified atom stereocenters. The van der Waals surface area contributed by atoms with E-state index in [0.29, 0.717) is 17.1 Å². The van der Waals surface area contributed by atoms with E-state index in [2.05, 4.69) is 5.32 Å². The third-order valence-electron chi connectivity index (χ3n) is 4.14. The van der Waals surface area contributed by atoms with Crippen LogP contribution in [0.15, 0.2) is 53.4 Å². The molecule has 2 aromatic carbocycles. The van der Waals surface area contributed by atoms with Gasteiger partial charge in [-0.25, -0.2) is 0 Å². The molecule has 0 bridgehead atoms. The van der Waals surface area contributed by atoms with E-state index in [0.717, 1.165) is 5.56 Å². The second kappa shape index (κ2) is 7.85. The lowest BCUT2D eigenvalue weighted by atomic mass is 9.95. The van der Waals surface area contributed by atoms with Crippen molar-refractivity contribution in [3.63, 3.8) is 0 Å². The quantitative estimate of drug-likeness (QED) is 0.603. The average molecular weight is 371 g/mol. The standard InChI is InChI=1S/C20H21NO4S/c1-20(23,15-6-9-17-18(11-15)25-13-24-17)12-21-19(22)10-5-14-3-7-16(26-2)8-4-14/h3-11,23H,12-13H2,1-2H3,(H,21,22)/b10-5+/t20-/m1/s1. The molecule has 6 heteroatoms. The molecule has 0 aromatic heterocycles. The number of nitrogens with one attached hydrogen (secondary N) is 1. The Balaban J connectivity index is 1.58. The Morgan fingerprint density at radius 1 is 1.23 bits per heavy atom. The Morgan fingerprint density at radius 2 is 1.96 bits per heavy atom. The van der Waals surface area contributed by atoms with Crippen LogP contribution in [0.25, 0.3) is 6.08 Å². The molecule has 26 heavy (non-hydrogen) atoms. The maximum Gasteiger partial charge on any atom is 0.244 e. The first kappa shape index (κ1) is 18.4. The van der Waals surface area contributed by atoms with Gasteiger partial charge in [-0.1, -0.05) is 18.2 Å². The van der Waals surface area contributed by atoms with Crippen molar-refractivity contribution < 1.29 is 19.4 Å². The van der Waals surface area contributed by atoms with Crippen LogP contribution in [0.3, 0.4) is 0 Å². The highest BCUT2D eigenvalue weighted by Crippen LogP contribution is 2.35. The van der Waals surface area contributed by atoms with Crippen LogP contribution in [0.5, 0.6) is 11.5 Å². The van der Waals surface area contributed by atoms with Crippen LogP contribution < -0.4 is 14.8 Å². The number of ether oxygens (including phenoxy) is 2. The summed E-state index contributed by atoms with van der Waals surface area (Å²) in [5, 5.41) is 13.4. The Labute approximate surface area is 157 Å². The van der Waals surface area contributed by atoms with Crippen molar-refractivity contribution in [2.75, 3.05) is 19.6 Å². The summed E-state index contributed by atoms with van der Waals surface area (Å²) in [6.07, 6.45) is 5.23. The van der Waals surface area contributed by atoms with Crippen LogP contribution in [0, 0.1) is 0 Å². The minimum atomic E-state index is -1.22. The number of carbonyl (C=O) groups excluding carboxylic acids is 1. The van der Waals surface area contributed by atoms with Gasteiger partial charge in [0.15, 0.2) is 11.5 Å². The van der Waals surface area contributed by atoms with E-state index in [9.17, 15) is 9.90 Å². The molecule has 1 heterocycles. The maximum atomic E-state index is 12.0. The SMILES string of the molecule is CSc1ccc(/C=C/C(=O)NC[C@@](C)(O)c2ccc3c(c2)OCO3)cc1. The van der Waals surface area contributed by atoms with Crippen molar-refractivity contribution in [1.29, 1.82) is 0 Å². The topological polar surface area (TPSA) is 67.8 Å². The fourth-order valence-electron chi connectivity index (χ4n) is 2.54. The van der Waals surface area contributed by atoms with E-state index in [1.807, 2.05) is 30.5 Å². The zero-order chi connectivity index (χ0) is 18.6. The van der Waals surface area contributed by atoms with Gasteiger partial charge >= 0.3 is 0 Å². The number of benzene rings is 2. The molecule has 0 saturated heterocycles. The first-order valence-corrected chi connectivity index (χ1v) is 9.43. The normalized spacial score (nSPS) is 15.0. The second-order valence-corrected chi connectivity index (χ2v) is 7.05. The van der Waals surface area contributed by atoms with E-state index in [4.69, 9.17) is 9.47 Å². The van der Waals surface area contributed by atoms with Crippen molar-refractivity contribution in [2.24, 2.45) is 0 Å². The summed E-state index contributed by atoms with van der Waals surface area (Å²) < 4.78 is 10.6. The molecule has 5 nitrogen and oxygen atoms in total. The number of thioether (sulfide) groups is 1. The smallest absolute Gasteiger partial charge is 0.244 e.